The minimum absolute atomic E-state index is 0.157. The maximum Gasteiger partial charge on any atom is 0.315 e. The summed E-state index contributed by atoms with van der Waals surface area (Å²) in [4.78, 5) is 12.5. The van der Waals surface area contributed by atoms with Gasteiger partial charge in [0.05, 0.1) is 12.6 Å². The number of urea groups is 1. The highest BCUT2D eigenvalue weighted by molar-refractivity contribution is 5.74. The van der Waals surface area contributed by atoms with Crippen molar-refractivity contribution in [1.29, 1.82) is 0 Å². The second-order valence-electron chi connectivity index (χ2n) is 7.48. The average molecular weight is 398 g/mol. The van der Waals surface area contributed by atoms with E-state index in [0.717, 1.165) is 17.1 Å². The third kappa shape index (κ3) is 4.50. The summed E-state index contributed by atoms with van der Waals surface area (Å²) in [5, 5.41) is 5.95. The van der Waals surface area contributed by atoms with Crippen molar-refractivity contribution < 1.29 is 23.7 Å². The first kappa shape index (κ1) is 19.2. The van der Waals surface area contributed by atoms with Crippen molar-refractivity contribution >= 4 is 6.03 Å². The van der Waals surface area contributed by atoms with Crippen LogP contribution in [0.1, 0.15) is 25.5 Å². The summed E-state index contributed by atoms with van der Waals surface area (Å²) in [5.41, 5.74) is 0.977. The van der Waals surface area contributed by atoms with E-state index in [1.165, 1.54) is 0 Å². The molecule has 154 valence electrons. The molecule has 2 amide bonds. The van der Waals surface area contributed by atoms with Crippen molar-refractivity contribution in [3.63, 3.8) is 0 Å². The molecule has 2 aliphatic heterocycles. The molecular weight excluding hydrogens is 372 g/mol. The fourth-order valence-corrected chi connectivity index (χ4v) is 3.45. The summed E-state index contributed by atoms with van der Waals surface area (Å²) in [6, 6.07) is 12.9. The summed E-state index contributed by atoms with van der Waals surface area (Å²) in [5.74, 6) is 3.08. The smallest absolute Gasteiger partial charge is 0.315 e. The fourth-order valence-electron chi connectivity index (χ4n) is 3.45. The van der Waals surface area contributed by atoms with Crippen LogP contribution in [0.5, 0.6) is 23.0 Å². The van der Waals surface area contributed by atoms with Crippen LogP contribution in [-0.4, -0.2) is 38.5 Å². The van der Waals surface area contributed by atoms with Gasteiger partial charge in [-0.3, -0.25) is 0 Å². The van der Waals surface area contributed by atoms with E-state index in [4.69, 9.17) is 18.9 Å². The van der Waals surface area contributed by atoms with E-state index in [1.54, 1.807) is 0 Å². The second kappa shape index (κ2) is 8.51. The van der Waals surface area contributed by atoms with Crippen LogP contribution in [-0.2, 0) is 0 Å². The highest BCUT2D eigenvalue weighted by Gasteiger charge is 2.24. The van der Waals surface area contributed by atoms with Crippen molar-refractivity contribution in [3.05, 3.63) is 48.0 Å². The van der Waals surface area contributed by atoms with Gasteiger partial charge >= 0.3 is 6.03 Å². The maximum atomic E-state index is 12.5. The highest BCUT2D eigenvalue weighted by Crippen LogP contribution is 2.34. The van der Waals surface area contributed by atoms with Crippen molar-refractivity contribution in [3.8, 4) is 23.0 Å². The number of fused-ring (bicyclic) bond motifs is 2. The van der Waals surface area contributed by atoms with Gasteiger partial charge in [-0.05, 0) is 35.7 Å². The van der Waals surface area contributed by atoms with Gasteiger partial charge in [-0.1, -0.05) is 32.0 Å². The van der Waals surface area contributed by atoms with Crippen molar-refractivity contribution in [2.45, 2.75) is 26.0 Å². The van der Waals surface area contributed by atoms with E-state index in [-0.39, 0.29) is 24.1 Å². The lowest BCUT2D eigenvalue weighted by Gasteiger charge is -2.28. The zero-order chi connectivity index (χ0) is 20.2. The number of hydrogen-bond donors (Lipinski definition) is 2. The van der Waals surface area contributed by atoms with E-state index in [9.17, 15) is 4.79 Å². The molecule has 0 aliphatic carbocycles. The van der Waals surface area contributed by atoms with Crippen LogP contribution in [0.25, 0.3) is 0 Å². The molecule has 0 fully saturated rings. The molecule has 2 aromatic carbocycles. The Morgan fingerprint density at radius 3 is 2.52 bits per heavy atom. The molecule has 2 aromatic rings. The van der Waals surface area contributed by atoms with Gasteiger partial charge in [0, 0.05) is 0 Å². The first-order valence-corrected chi connectivity index (χ1v) is 9.92. The summed E-state index contributed by atoms with van der Waals surface area (Å²) in [7, 11) is 0. The predicted octanol–water partition coefficient (Wildman–Crippen LogP) is 3.29. The zero-order valence-electron chi connectivity index (χ0n) is 16.6. The first-order chi connectivity index (χ1) is 14.1. The largest absolute Gasteiger partial charge is 0.486 e. The number of amides is 2. The van der Waals surface area contributed by atoms with Gasteiger partial charge in [0.1, 0.15) is 19.8 Å². The van der Waals surface area contributed by atoms with E-state index in [2.05, 4.69) is 24.5 Å². The van der Waals surface area contributed by atoms with Gasteiger partial charge in [-0.25, -0.2) is 4.79 Å². The Balaban J connectivity index is 1.35. The quantitative estimate of drug-likeness (QED) is 0.808. The van der Waals surface area contributed by atoms with E-state index < -0.39 is 0 Å². The molecular formula is C22H26N2O5. The molecule has 2 atom stereocenters. The summed E-state index contributed by atoms with van der Waals surface area (Å²) in [6.07, 6.45) is -0.234. The van der Waals surface area contributed by atoms with Crippen LogP contribution >= 0.6 is 0 Å². The fraction of sp³-hybridized carbons (Fsp3) is 0.409. The van der Waals surface area contributed by atoms with Crippen LogP contribution in [0.3, 0.4) is 0 Å². The van der Waals surface area contributed by atoms with Crippen LogP contribution in [0.2, 0.25) is 0 Å². The summed E-state index contributed by atoms with van der Waals surface area (Å²) >= 11 is 0. The third-order valence-corrected chi connectivity index (χ3v) is 4.94. The second-order valence-corrected chi connectivity index (χ2v) is 7.48. The normalized spacial score (nSPS) is 18.1. The Bertz CT molecular complexity index is 870. The van der Waals surface area contributed by atoms with Crippen LogP contribution < -0.4 is 29.6 Å². The molecule has 2 heterocycles. The number of nitrogens with one attached hydrogen (secondary N) is 2. The molecule has 2 aliphatic rings. The minimum Gasteiger partial charge on any atom is -0.486 e. The predicted molar refractivity (Wildman–Crippen MR) is 108 cm³/mol. The Kier molecular flexibility index (Phi) is 5.64. The van der Waals surface area contributed by atoms with E-state index in [0.29, 0.717) is 37.9 Å². The van der Waals surface area contributed by atoms with Crippen molar-refractivity contribution in [2.24, 2.45) is 5.92 Å². The number of ether oxygens (including phenoxy) is 4. The molecule has 7 heteroatoms. The molecule has 2 N–H and O–H groups in total. The van der Waals surface area contributed by atoms with Crippen LogP contribution in [0, 0.1) is 5.92 Å². The molecule has 0 radical (unpaired) electrons. The standard InChI is InChI=1S/C22H26N2O5/c1-14(2)21(15-7-8-18-20(11-15)27-10-9-26-18)24-22(25)23-12-16-13-28-17-5-3-4-6-19(17)29-16/h3-8,11,14,16,21H,9-10,12-13H2,1-2H3,(H2,23,24,25)/t16-,21+/m1/s1. The highest BCUT2D eigenvalue weighted by atomic mass is 16.6. The van der Waals surface area contributed by atoms with Crippen molar-refractivity contribution in [2.75, 3.05) is 26.4 Å². The Morgan fingerprint density at radius 2 is 1.72 bits per heavy atom. The van der Waals surface area contributed by atoms with Gasteiger partial charge < -0.3 is 29.6 Å². The monoisotopic (exact) mass is 398 g/mol. The number of benzene rings is 2. The van der Waals surface area contributed by atoms with E-state index >= 15 is 0 Å². The minimum atomic E-state index is -0.249. The number of hydrogen-bond acceptors (Lipinski definition) is 5. The molecule has 29 heavy (non-hydrogen) atoms. The topological polar surface area (TPSA) is 78.1 Å². The number of para-hydroxylation sites is 2. The lowest BCUT2D eigenvalue weighted by molar-refractivity contribution is 0.0916. The summed E-state index contributed by atoms with van der Waals surface area (Å²) < 4.78 is 22.8. The average Bonchev–Trinajstić information content (AvgIpc) is 2.75. The number of carbonyl (C=O) groups is 1. The molecule has 7 nitrogen and oxygen atoms in total. The number of rotatable bonds is 5. The lowest BCUT2D eigenvalue weighted by Crippen LogP contribution is -2.46. The van der Waals surface area contributed by atoms with Gasteiger partial charge in [0.15, 0.2) is 29.1 Å². The maximum absolute atomic E-state index is 12.5. The van der Waals surface area contributed by atoms with Crippen LogP contribution in [0.4, 0.5) is 4.79 Å². The summed E-state index contributed by atoms with van der Waals surface area (Å²) in [6.45, 7) is 5.97. The van der Waals surface area contributed by atoms with Gasteiger partial charge in [-0.15, -0.1) is 0 Å². The van der Waals surface area contributed by atoms with Gasteiger partial charge in [-0.2, -0.15) is 0 Å². The first-order valence-electron chi connectivity index (χ1n) is 9.92. The van der Waals surface area contributed by atoms with E-state index in [1.807, 2.05) is 42.5 Å². The molecule has 0 unspecified atom stereocenters. The molecule has 0 bridgehead atoms. The SMILES string of the molecule is CC(C)[C@H](NC(=O)NC[C@@H]1COc2ccccc2O1)c1ccc2c(c1)OCCO2. The molecule has 0 saturated carbocycles. The van der Waals surface area contributed by atoms with Gasteiger partial charge in [0.2, 0.25) is 0 Å². The Hall–Kier alpha value is -3.09. The van der Waals surface area contributed by atoms with Crippen LogP contribution in [0.15, 0.2) is 42.5 Å². The zero-order valence-corrected chi connectivity index (χ0v) is 16.6. The Labute approximate surface area is 170 Å². The van der Waals surface area contributed by atoms with Gasteiger partial charge in [0.25, 0.3) is 0 Å². The molecule has 0 saturated heterocycles. The Morgan fingerprint density at radius 1 is 1.00 bits per heavy atom. The number of carbonyl (C=O) groups excluding carboxylic acids is 1. The molecule has 4 rings (SSSR count). The molecule has 0 aromatic heterocycles. The lowest BCUT2D eigenvalue weighted by atomic mass is 9.95. The third-order valence-electron chi connectivity index (χ3n) is 4.94. The van der Waals surface area contributed by atoms with Crippen molar-refractivity contribution in [1.82, 2.24) is 10.6 Å². The molecule has 0 spiro atoms.